The van der Waals surface area contributed by atoms with Crippen molar-refractivity contribution in [3.05, 3.63) is 6.33 Å². The number of rotatable bonds is 5. The first-order valence-corrected chi connectivity index (χ1v) is 9.39. The van der Waals surface area contributed by atoms with E-state index in [1.807, 2.05) is 0 Å². The molecule has 0 saturated heterocycles. The van der Waals surface area contributed by atoms with Crippen LogP contribution in [0.1, 0.15) is 45.4 Å². The lowest BCUT2D eigenvalue weighted by molar-refractivity contribution is -0.123. The SMILES string of the molecule is C[C@@H](NC(=O)CSc1ncn[nH]1)C12CC3CC(CC(C3)C1)C2. The van der Waals surface area contributed by atoms with Crippen molar-refractivity contribution in [1.82, 2.24) is 20.5 Å². The molecule has 5 rings (SSSR count). The fourth-order valence-corrected chi connectivity index (χ4v) is 6.13. The number of carbonyl (C=O) groups excluding carboxylic acids is 1. The van der Waals surface area contributed by atoms with E-state index < -0.39 is 0 Å². The Hall–Kier alpha value is -1.04. The number of hydrogen-bond acceptors (Lipinski definition) is 4. The van der Waals surface area contributed by atoms with E-state index in [-0.39, 0.29) is 5.91 Å². The van der Waals surface area contributed by atoms with Gasteiger partial charge in [0.1, 0.15) is 6.33 Å². The maximum Gasteiger partial charge on any atom is 0.230 e. The second kappa shape index (κ2) is 5.55. The summed E-state index contributed by atoms with van der Waals surface area (Å²) in [5.74, 6) is 3.30. The molecule has 1 aromatic heterocycles. The van der Waals surface area contributed by atoms with Crippen LogP contribution >= 0.6 is 11.8 Å². The Kier molecular flexibility index (Phi) is 3.67. The number of nitrogens with zero attached hydrogens (tertiary/aromatic N) is 2. The Morgan fingerprint density at radius 1 is 1.36 bits per heavy atom. The van der Waals surface area contributed by atoms with Crippen molar-refractivity contribution in [1.29, 1.82) is 0 Å². The summed E-state index contributed by atoms with van der Waals surface area (Å²) in [6.07, 6.45) is 9.79. The molecule has 2 N–H and O–H groups in total. The van der Waals surface area contributed by atoms with Crippen LogP contribution < -0.4 is 5.32 Å². The Morgan fingerprint density at radius 3 is 2.55 bits per heavy atom. The predicted molar refractivity (Wildman–Crippen MR) is 85.3 cm³/mol. The quantitative estimate of drug-likeness (QED) is 0.818. The van der Waals surface area contributed by atoms with Crippen LogP contribution in [-0.4, -0.2) is 32.9 Å². The van der Waals surface area contributed by atoms with Crippen LogP contribution in [0.3, 0.4) is 0 Å². The number of aromatic nitrogens is 3. The first-order valence-electron chi connectivity index (χ1n) is 8.40. The number of H-pyrrole nitrogens is 1. The lowest BCUT2D eigenvalue weighted by Crippen LogP contribution is -2.56. The fraction of sp³-hybridized carbons (Fsp3) is 0.812. The van der Waals surface area contributed by atoms with Crippen LogP contribution in [0.15, 0.2) is 11.5 Å². The van der Waals surface area contributed by atoms with Gasteiger partial charge in [-0.15, -0.1) is 0 Å². The largest absolute Gasteiger partial charge is 0.352 e. The van der Waals surface area contributed by atoms with Gasteiger partial charge in [0.15, 0.2) is 5.16 Å². The molecule has 1 heterocycles. The van der Waals surface area contributed by atoms with Gasteiger partial charge < -0.3 is 5.32 Å². The lowest BCUT2D eigenvalue weighted by Gasteiger charge is -2.59. The summed E-state index contributed by atoms with van der Waals surface area (Å²) in [5.41, 5.74) is 0.376. The maximum atomic E-state index is 12.2. The molecule has 1 aromatic rings. The standard InChI is InChI=1S/C16H24N4OS/c1-10(19-14(21)8-22-15-17-9-18-20-15)16-5-11-2-12(6-16)4-13(3-11)7-16/h9-13H,2-8H2,1H3,(H,19,21)(H,17,18,20)/t10-,11?,12?,13?,16?/m1/s1. The van der Waals surface area contributed by atoms with Crippen LogP contribution in [0.5, 0.6) is 0 Å². The van der Waals surface area contributed by atoms with Crippen molar-refractivity contribution in [3.63, 3.8) is 0 Å². The van der Waals surface area contributed by atoms with E-state index in [1.54, 1.807) is 0 Å². The van der Waals surface area contributed by atoms with Crippen molar-refractivity contribution in [2.45, 2.75) is 56.6 Å². The first kappa shape index (κ1) is 14.5. The lowest BCUT2D eigenvalue weighted by atomic mass is 9.48. The average molecular weight is 320 g/mol. The molecule has 0 aromatic carbocycles. The molecule has 4 fully saturated rings. The average Bonchev–Trinajstić information content (AvgIpc) is 2.97. The zero-order valence-corrected chi connectivity index (χ0v) is 13.9. The highest BCUT2D eigenvalue weighted by Crippen LogP contribution is 2.61. The van der Waals surface area contributed by atoms with E-state index in [1.165, 1.54) is 56.6 Å². The highest BCUT2D eigenvalue weighted by molar-refractivity contribution is 7.99. The molecule has 4 bridgehead atoms. The van der Waals surface area contributed by atoms with E-state index in [0.29, 0.717) is 22.4 Å². The third kappa shape index (κ3) is 2.66. The van der Waals surface area contributed by atoms with Gasteiger partial charge in [-0.1, -0.05) is 11.8 Å². The van der Waals surface area contributed by atoms with Crippen molar-refractivity contribution < 1.29 is 4.79 Å². The van der Waals surface area contributed by atoms with Crippen molar-refractivity contribution >= 4 is 17.7 Å². The van der Waals surface area contributed by atoms with Crippen LogP contribution in [0.2, 0.25) is 0 Å². The third-order valence-corrected chi connectivity index (χ3v) is 6.99. The second-order valence-electron chi connectivity index (χ2n) is 7.65. The van der Waals surface area contributed by atoms with Gasteiger partial charge in [-0.25, -0.2) is 4.98 Å². The summed E-state index contributed by atoms with van der Waals surface area (Å²) >= 11 is 1.41. The second-order valence-corrected chi connectivity index (χ2v) is 8.61. The molecule has 120 valence electrons. The Labute approximate surface area is 135 Å². The molecule has 1 atom stereocenters. The summed E-state index contributed by atoms with van der Waals surface area (Å²) in [5, 5.41) is 10.6. The van der Waals surface area contributed by atoms with Gasteiger partial charge in [-0.05, 0) is 68.6 Å². The molecule has 0 radical (unpaired) electrons. The van der Waals surface area contributed by atoms with E-state index >= 15 is 0 Å². The molecular formula is C16H24N4OS. The van der Waals surface area contributed by atoms with E-state index in [4.69, 9.17) is 0 Å². The van der Waals surface area contributed by atoms with Gasteiger partial charge in [-0.3, -0.25) is 9.89 Å². The summed E-state index contributed by atoms with van der Waals surface area (Å²) < 4.78 is 0. The molecule has 5 nitrogen and oxygen atoms in total. The number of amides is 1. The van der Waals surface area contributed by atoms with Crippen molar-refractivity contribution in [2.75, 3.05) is 5.75 Å². The Bertz CT molecular complexity index is 509. The molecule has 4 aliphatic carbocycles. The molecule has 4 saturated carbocycles. The van der Waals surface area contributed by atoms with E-state index in [2.05, 4.69) is 27.4 Å². The smallest absolute Gasteiger partial charge is 0.230 e. The number of carbonyl (C=O) groups is 1. The van der Waals surface area contributed by atoms with E-state index in [9.17, 15) is 4.79 Å². The molecular weight excluding hydrogens is 296 g/mol. The highest BCUT2D eigenvalue weighted by atomic mass is 32.2. The molecule has 4 aliphatic rings. The zero-order valence-electron chi connectivity index (χ0n) is 13.0. The fourth-order valence-electron chi connectivity index (χ4n) is 5.54. The topological polar surface area (TPSA) is 70.7 Å². The predicted octanol–water partition coefficient (Wildman–Crippen LogP) is 2.62. The van der Waals surface area contributed by atoms with Gasteiger partial charge >= 0.3 is 0 Å². The maximum absolute atomic E-state index is 12.2. The molecule has 0 spiro atoms. The van der Waals surface area contributed by atoms with Crippen LogP contribution in [0.25, 0.3) is 0 Å². The monoisotopic (exact) mass is 320 g/mol. The molecule has 6 heteroatoms. The minimum absolute atomic E-state index is 0.115. The third-order valence-electron chi connectivity index (χ3n) is 6.11. The Morgan fingerprint density at radius 2 is 2.00 bits per heavy atom. The molecule has 22 heavy (non-hydrogen) atoms. The van der Waals surface area contributed by atoms with Gasteiger partial charge in [-0.2, -0.15) is 5.10 Å². The minimum Gasteiger partial charge on any atom is -0.352 e. The van der Waals surface area contributed by atoms with Gasteiger partial charge in [0.25, 0.3) is 0 Å². The number of aromatic amines is 1. The number of thioether (sulfide) groups is 1. The van der Waals surface area contributed by atoms with Crippen molar-refractivity contribution in [3.8, 4) is 0 Å². The van der Waals surface area contributed by atoms with Gasteiger partial charge in [0.2, 0.25) is 5.91 Å². The molecule has 0 unspecified atom stereocenters. The van der Waals surface area contributed by atoms with Crippen LogP contribution in [0, 0.1) is 23.2 Å². The van der Waals surface area contributed by atoms with Crippen LogP contribution in [0.4, 0.5) is 0 Å². The first-order chi connectivity index (χ1) is 10.6. The number of hydrogen-bond donors (Lipinski definition) is 2. The van der Waals surface area contributed by atoms with Crippen LogP contribution in [-0.2, 0) is 4.79 Å². The summed E-state index contributed by atoms with van der Waals surface area (Å²) in [7, 11) is 0. The normalized spacial score (nSPS) is 37.2. The van der Waals surface area contributed by atoms with Gasteiger partial charge in [0.05, 0.1) is 5.75 Å². The van der Waals surface area contributed by atoms with E-state index in [0.717, 1.165) is 17.8 Å². The summed E-state index contributed by atoms with van der Waals surface area (Å²) in [4.78, 5) is 16.3. The highest BCUT2D eigenvalue weighted by Gasteiger charge is 2.53. The van der Waals surface area contributed by atoms with Crippen molar-refractivity contribution in [2.24, 2.45) is 23.2 Å². The number of nitrogens with one attached hydrogen (secondary N) is 2. The Balaban J connectivity index is 1.35. The minimum atomic E-state index is 0.115. The summed E-state index contributed by atoms with van der Waals surface area (Å²) in [6, 6.07) is 0.295. The molecule has 0 aliphatic heterocycles. The zero-order chi connectivity index (χ0) is 15.2. The molecule has 1 amide bonds. The summed E-state index contributed by atoms with van der Waals surface area (Å²) in [6.45, 7) is 2.23. The van der Waals surface area contributed by atoms with Gasteiger partial charge in [0, 0.05) is 6.04 Å².